The molecule has 0 saturated heterocycles. The number of nitrogens with zero attached hydrogens (tertiary/aromatic N) is 1. The molecule has 0 aliphatic rings. The standard InChI is InChI=1S/C20H22N2OS2/c1-20(2,3)19(23)21-12-15-9-10-17(25-15)16-13-24-18(22-16)11-14-7-5-4-6-8-14/h4-10,13H,11-12H2,1-3H3,(H,21,23). The normalized spacial score (nSPS) is 11.5. The predicted octanol–water partition coefficient (Wildman–Crippen LogP) is 5.12. The lowest BCUT2D eigenvalue weighted by Crippen LogP contribution is -2.34. The van der Waals surface area contributed by atoms with Crippen LogP contribution in [0.15, 0.2) is 47.8 Å². The molecule has 0 radical (unpaired) electrons. The fraction of sp³-hybridized carbons (Fsp3) is 0.300. The summed E-state index contributed by atoms with van der Waals surface area (Å²) >= 11 is 3.38. The molecule has 1 aromatic carbocycles. The maximum atomic E-state index is 12.0. The Hall–Kier alpha value is -1.98. The molecule has 130 valence electrons. The zero-order valence-corrected chi connectivity index (χ0v) is 16.3. The molecule has 0 bridgehead atoms. The second kappa shape index (κ2) is 7.50. The first-order valence-corrected chi connectivity index (χ1v) is 9.97. The van der Waals surface area contributed by atoms with Crippen molar-refractivity contribution in [2.24, 2.45) is 5.41 Å². The van der Waals surface area contributed by atoms with Gasteiger partial charge < -0.3 is 5.32 Å². The number of thiophene rings is 1. The number of carbonyl (C=O) groups is 1. The molecule has 2 aromatic heterocycles. The van der Waals surface area contributed by atoms with Gasteiger partial charge in [0.2, 0.25) is 5.91 Å². The summed E-state index contributed by atoms with van der Waals surface area (Å²) in [6, 6.07) is 14.6. The minimum absolute atomic E-state index is 0.0706. The summed E-state index contributed by atoms with van der Waals surface area (Å²) < 4.78 is 0. The van der Waals surface area contributed by atoms with E-state index in [-0.39, 0.29) is 11.3 Å². The summed E-state index contributed by atoms with van der Waals surface area (Å²) in [5.41, 5.74) is 1.94. The van der Waals surface area contributed by atoms with Gasteiger partial charge in [0.1, 0.15) is 0 Å². The van der Waals surface area contributed by atoms with Gasteiger partial charge in [-0.25, -0.2) is 4.98 Å². The van der Waals surface area contributed by atoms with Crippen molar-refractivity contribution in [3.05, 3.63) is 63.3 Å². The van der Waals surface area contributed by atoms with Gasteiger partial charge in [0.25, 0.3) is 0 Å². The van der Waals surface area contributed by atoms with E-state index in [0.717, 1.165) is 26.9 Å². The van der Waals surface area contributed by atoms with E-state index in [1.54, 1.807) is 22.7 Å². The van der Waals surface area contributed by atoms with Gasteiger partial charge in [-0.05, 0) is 17.7 Å². The van der Waals surface area contributed by atoms with Gasteiger partial charge >= 0.3 is 0 Å². The molecule has 2 heterocycles. The van der Waals surface area contributed by atoms with Crippen LogP contribution >= 0.6 is 22.7 Å². The number of benzene rings is 1. The number of amides is 1. The summed E-state index contributed by atoms with van der Waals surface area (Å²) in [6.45, 7) is 6.34. The quantitative estimate of drug-likeness (QED) is 0.677. The van der Waals surface area contributed by atoms with Crippen LogP contribution in [-0.4, -0.2) is 10.9 Å². The van der Waals surface area contributed by atoms with E-state index in [1.165, 1.54) is 5.56 Å². The topological polar surface area (TPSA) is 42.0 Å². The highest BCUT2D eigenvalue weighted by Crippen LogP contribution is 2.30. The van der Waals surface area contributed by atoms with Gasteiger partial charge in [-0.15, -0.1) is 22.7 Å². The molecule has 0 aliphatic heterocycles. The van der Waals surface area contributed by atoms with E-state index in [0.29, 0.717) is 6.54 Å². The van der Waals surface area contributed by atoms with Gasteiger partial charge in [-0.1, -0.05) is 51.1 Å². The van der Waals surface area contributed by atoms with Crippen molar-refractivity contribution in [2.45, 2.75) is 33.7 Å². The van der Waals surface area contributed by atoms with Crippen molar-refractivity contribution in [2.75, 3.05) is 0 Å². The average Bonchev–Trinajstić information content (AvgIpc) is 3.21. The minimum Gasteiger partial charge on any atom is -0.351 e. The van der Waals surface area contributed by atoms with Crippen molar-refractivity contribution in [1.29, 1.82) is 0 Å². The molecule has 5 heteroatoms. The first-order chi connectivity index (χ1) is 11.9. The lowest BCUT2D eigenvalue weighted by atomic mass is 9.96. The first-order valence-electron chi connectivity index (χ1n) is 8.27. The van der Waals surface area contributed by atoms with Crippen LogP contribution in [-0.2, 0) is 17.8 Å². The van der Waals surface area contributed by atoms with Crippen molar-refractivity contribution in [1.82, 2.24) is 10.3 Å². The highest BCUT2D eigenvalue weighted by molar-refractivity contribution is 7.16. The number of thiazole rings is 1. The number of aromatic nitrogens is 1. The van der Waals surface area contributed by atoms with Gasteiger partial charge in [0, 0.05) is 22.1 Å². The van der Waals surface area contributed by atoms with E-state index in [4.69, 9.17) is 4.98 Å². The van der Waals surface area contributed by atoms with Crippen LogP contribution in [0.4, 0.5) is 0 Å². The second-order valence-electron chi connectivity index (χ2n) is 6.99. The van der Waals surface area contributed by atoms with E-state index in [9.17, 15) is 4.79 Å². The number of nitrogens with one attached hydrogen (secondary N) is 1. The Morgan fingerprint density at radius 1 is 1.12 bits per heavy atom. The fourth-order valence-corrected chi connectivity index (χ4v) is 4.13. The van der Waals surface area contributed by atoms with Crippen LogP contribution in [0.3, 0.4) is 0 Å². The minimum atomic E-state index is -0.360. The molecular formula is C20H22N2OS2. The molecule has 0 spiro atoms. The van der Waals surface area contributed by atoms with Crippen LogP contribution in [0.5, 0.6) is 0 Å². The molecule has 3 aromatic rings. The van der Waals surface area contributed by atoms with E-state index in [2.05, 4.69) is 47.1 Å². The van der Waals surface area contributed by atoms with E-state index >= 15 is 0 Å². The Bertz CT molecular complexity index is 844. The molecule has 25 heavy (non-hydrogen) atoms. The van der Waals surface area contributed by atoms with Crippen LogP contribution in [0.2, 0.25) is 0 Å². The predicted molar refractivity (Wildman–Crippen MR) is 106 cm³/mol. The Morgan fingerprint density at radius 2 is 1.88 bits per heavy atom. The second-order valence-corrected chi connectivity index (χ2v) is 9.10. The van der Waals surface area contributed by atoms with Crippen LogP contribution in [0.1, 0.15) is 36.2 Å². The van der Waals surface area contributed by atoms with Crippen LogP contribution in [0.25, 0.3) is 10.6 Å². The van der Waals surface area contributed by atoms with Gasteiger partial charge in [0.15, 0.2) is 0 Å². The molecule has 0 atom stereocenters. The third kappa shape index (κ3) is 4.77. The molecule has 1 N–H and O–H groups in total. The Morgan fingerprint density at radius 3 is 2.60 bits per heavy atom. The average molecular weight is 371 g/mol. The lowest BCUT2D eigenvalue weighted by Gasteiger charge is -2.17. The zero-order chi connectivity index (χ0) is 17.9. The first kappa shape index (κ1) is 17.8. The molecule has 0 saturated carbocycles. The van der Waals surface area contributed by atoms with Crippen molar-refractivity contribution in [3.63, 3.8) is 0 Å². The third-order valence-electron chi connectivity index (χ3n) is 3.77. The fourth-order valence-electron chi connectivity index (χ4n) is 2.32. The Labute approximate surface area is 156 Å². The number of carbonyl (C=O) groups excluding carboxylic acids is 1. The third-order valence-corrected chi connectivity index (χ3v) is 5.72. The maximum Gasteiger partial charge on any atom is 0.225 e. The summed E-state index contributed by atoms with van der Waals surface area (Å²) in [7, 11) is 0. The number of rotatable bonds is 5. The molecule has 3 nitrogen and oxygen atoms in total. The SMILES string of the molecule is CC(C)(C)C(=O)NCc1ccc(-c2csc(Cc3ccccc3)n2)s1. The largest absolute Gasteiger partial charge is 0.351 e. The highest BCUT2D eigenvalue weighted by atomic mass is 32.1. The Balaban J connectivity index is 1.64. The molecule has 0 aliphatic carbocycles. The van der Waals surface area contributed by atoms with Crippen LogP contribution < -0.4 is 5.32 Å². The van der Waals surface area contributed by atoms with Crippen LogP contribution in [0, 0.1) is 5.41 Å². The van der Waals surface area contributed by atoms with Crippen molar-refractivity contribution in [3.8, 4) is 10.6 Å². The van der Waals surface area contributed by atoms with E-state index in [1.807, 2.05) is 26.8 Å². The molecule has 0 unspecified atom stereocenters. The summed E-state index contributed by atoms with van der Waals surface area (Å²) in [6.07, 6.45) is 0.866. The monoisotopic (exact) mass is 370 g/mol. The highest BCUT2D eigenvalue weighted by Gasteiger charge is 2.20. The maximum absolute atomic E-state index is 12.0. The Kier molecular flexibility index (Phi) is 5.35. The number of hydrogen-bond donors (Lipinski definition) is 1. The lowest BCUT2D eigenvalue weighted by molar-refractivity contribution is -0.128. The smallest absolute Gasteiger partial charge is 0.225 e. The molecule has 3 rings (SSSR count). The van der Waals surface area contributed by atoms with Gasteiger partial charge in [-0.3, -0.25) is 4.79 Å². The molecule has 1 amide bonds. The summed E-state index contributed by atoms with van der Waals surface area (Å²) in [4.78, 5) is 19.0. The molecular weight excluding hydrogens is 348 g/mol. The zero-order valence-electron chi connectivity index (χ0n) is 14.7. The van der Waals surface area contributed by atoms with E-state index < -0.39 is 0 Å². The summed E-state index contributed by atoms with van der Waals surface area (Å²) in [5, 5.41) is 6.23. The van der Waals surface area contributed by atoms with Crippen molar-refractivity contribution >= 4 is 28.6 Å². The van der Waals surface area contributed by atoms with Gasteiger partial charge in [0.05, 0.1) is 22.1 Å². The summed E-state index contributed by atoms with van der Waals surface area (Å²) in [5.74, 6) is 0.0706. The van der Waals surface area contributed by atoms with Crippen molar-refractivity contribution < 1.29 is 4.79 Å². The van der Waals surface area contributed by atoms with Gasteiger partial charge in [-0.2, -0.15) is 0 Å². The molecule has 0 fully saturated rings. The number of hydrogen-bond acceptors (Lipinski definition) is 4.